The van der Waals surface area contributed by atoms with Crippen LogP contribution in [-0.4, -0.2) is 25.9 Å². The Morgan fingerprint density at radius 2 is 1.26 bits per heavy atom. The zero-order chi connectivity index (χ0) is 15.1. The van der Waals surface area contributed by atoms with Crippen LogP contribution in [-0.2, 0) is 4.74 Å². The third kappa shape index (κ3) is 19.7. The van der Waals surface area contributed by atoms with Gasteiger partial charge in [0.15, 0.2) is 0 Å². The molecule has 0 aromatic carbocycles. The molecule has 0 saturated heterocycles. The van der Waals surface area contributed by atoms with Crippen molar-refractivity contribution < 1.29 is 9.84 Å². The molecule has 0 radical (unpaired) electrons. The fourth-order valence-corrected chi connectivity index (χ4v) is 1.49. The van der Waals surface area contributed by atoms with Crippen molar-refractivity contribution >= 4 is 0 Å². The second kappa shape index (κ2) is 15.2. The van der Waals surface area contributed by atoms with Gasteiger partial charge in [-0.1, -0.05) is 34.9 Å². The fraction of sp³-hybridized carbons (Fsp3) is 0.647. The predicted octanol–water partition coefficient (Wildman–Crippen LogP) is 4.66. The van der Waals surface area contributed by atoms with Gasteiger partial charge in [0.05, 0.1) is 6.61 Å². The second-order valence-electron chi connectivity index (χ2n) is 5.05. The average Bonchev–Trinajstić information content (AvgIpc) is 2.29. The molecule has 0 unspecified atom stereocenters. The maximum Gasteiger partial charge on any atom is 0.0614 e. The van der Waals surface area contributed by atoms with Crippen LogP contribution in [0.15, 0.2) is 34.9 Å². The van der Waals surface area contributed by atoms with Gasteiger partial charge in [0.2, 0.25) is 0 Å². The van der Waals surface area contributed by atoms with Gasteiger partial charge < -0.3 is 9.84 Å². The minimum absolute atomic E-state index is 0.162. The number of ether oxygens (including phenoxy) is 1. The van der Waals surface area contributed by atoms with E-state index in [2.05, 4.69) is 44.6 Å². The van der Waals surface area contributed by atoms with E-state index in [-0.39, 0.29) is 6.61 Å². The van der Waals surface area contributed by atoms with E-state index in [1.807, 2.05) is 6.08 Å². The highest BCUT2D eigenvalue weighted by molar-refractivity contribution is 5.05. The molecule has 0 heterocycles. The third-order valence-corrected chi connectivity index (χ3v) is 2.56. The minimum Gasteiger partial charge on any atom is -0.392 e. The number of hydrogen-bond acceptors (Lipinski definition) is 2. The molecule has 0 rings (SSSR count). The van der Waals surface area contributed by atoms with Gasteiger partial charge in [-0.2, -0.15) is 0 Å². The summed E-state index contributed by atoms with van der Waals surface area (Å²) < 4.78 is 4.25. The number of aliphatic hydroxyl groups excluding tert-OH is 1. The first-order chi connectivity index (χ1) is 8.97. The largest absolute Gasteiger partial charge is 0.392 e. The Hall–Kier alpha value is -0.860. The number of allylic oxidation sites excluding steroid dienone is 5. The normalized spacial score (nSPS) is 11.7. The fourth-order valence-electron chi connectivity index (χ4n) is 1.49. The van der Waals surface area contributed by atoms with Crippen LogP contribution in [0.1, 0.15) is 53.4 Å². The van der Waals surface area contributed by atoms with Crippen LogP contribution >= 0.6 is 0 Å². The Labute approximate surface area is 119 Å². The van der Waals surface area contributed by atoms with Gasteiger partial charge in [-0.3, -0.25) is 0 Å². The lowest BCUT2D eigenvalue weighted by Gasteiger charge is -2.00. The second-order valence-corrected chi connectivity index (χ2v) is 5.05. The van der Waals surface area contributed by atoms with Crippen molar-refractivity contribution in [3.05, 3.63) is 34.9 Å². The topological polar surface area (TPSA) is 29.5 Å². The molecule has 0 bridgehead atoms. The highest BCUT2D eigenvalue weighted by atomic mass is 16.4. The molecule has 0 saturated carbocycles. The van der Waals surface area contributed by atoms with Crippen LogP contribution < -0.4 is 0 Å². The minimum atomic E-state index is 0.162. The van der Waals surface area contributed by atoms with Gasteiger partial charge in [-0.15, -0.1) is 0 Å². The molecule has 0 aliphatic rings. The van der Waals surface area contributed by atoms with Crippen molar-refractivity contribution in [2.75, 3.05) is 20.8 Å². The lowest BCUT2D eigenvalue weighted by atomic mass is 10.1. The van der Waals surface area contributed by atoms with E-state index < -0.39 is 0 Å². The molecule has 2 nitrogen and oxygen atoms in total. The number of aliphatic hydroxyl groups is 1. The molecule has 0 aliphatic carbocycles. The van der Waals surface area contributed by atoms with Gasteiger partial charge in [-0.05, 0) is 53.4 Å². The quantitative estimate of drug-likeness (QED) is 0.680. The summed E-state index contributed by atoms with van der Waals surface area (Å²) in [5.41, 5.74) is 4.14. The first-order valence-electron chi connectivity index (χ1n) is 6.93. The summed E-state index contributed by atoms with van der Waals surface area (Å²) in [4.78, 5) is 0. The Bertz CT molecular complexity index is 282. The highest BCUT2D eigenvalue weighted by Gasteiger charge is 1.91. The summed E-state index contributed by atoms with van der Waals surface area (Å²) in [6.07, 6.45) is 10.9. The van der Waals surface area contributed by atoms with Crippen LogP contribution in [0.4, 0.5) is 0 Å². The summed E-state index contributed by atoms with van der Waals surface area (Å²) in [5, 5.41) is 8.72. The van der Waals surface area contributed by atoms with Crippen molar-refractivity contribution in [3.8, 4) is 0 Å². The Kier molecular flexibility index (Phi) is 16.4. The van der Waals surface area contributed by atoms with E-state index in [4.69, 9.17) is 5.11 Å². The zero-order valence-corrected chi connectivity index (χ0v) is 13.6. The van der Waals surface area contributed by atoms with E-state index in [1.165, 1.54) is 16.7 Å². The molecule has 1 N–H and O–H groups in total. The lowest BCUT2D eigenvalue weighted by molar-refractivity contribution is 0.277. The third-order valence-electron chi connectivity index (χ3n) is 2.56. The number of methoxy groups -OCH3 is 1. The zero-order valence-electron chi connectivity index (χ0n) is 13.6. The van der Waals surface area contributed by atoms with Crippen LogP contribution in [0.25, 0.3) is 0 Å². The molecule has 0 aromatic rings. The Morgan fingerprint density at radius 3 is 1.68 bits per heavy atom. The van der Waals surface area contributed by atoms with Crippen LogP contribution in [0.3, 0.4) is 0 Å². The SMILES string of the molecule is CC(C)=CCCC(C)=CCCC(C)=CCO.COC. The molecule has 0 fully saturated rings. The maximum atomic E-state index is 8.72. The molecule has 0 amide bonds. The van der Waals surface area contributed by atoms with Crippen molar-refractivity contribution in [3.63, 3.8) is 0 Å². The standard InChI is InChI=1S/C15H26O.C2H6O/c1-13(2)7-5-8-14(3)9-6-10-15(4)11-12-16;1-3-2/h7,9,11,16H,5-6,8,10,12H2,1-4H3;1-2H3. The van der Waals surface area contributed by atoms with Gasteiger partial charge in [0.25, 0.3) is 0 Å². The lowest BCUT2D eigenvalue weighted by Crippen LogP contribution is -1.82. The first kappa shape index (κ1) is 20.5. The molecule has 0 aromatic heterocycles. The molecule has 2 heteroatoms. The van der Waals surface area contributed by atoms with Crippen molar-refractivity contribution in [1.82, 2.24) is 0 Å². The van der Waals surface area contributed by atoms with Gasteiger partial charge in [0, 0.05) is 14.2 Å². The van der Waals surface area contributed by atoms with Crippen LogP contribution in [0.2, 0.25) is 0 Å². The predicted molar refractivity (Wildman–Crippen MR) is 85.4 cm³/mol. The maximum absolute atomic E-state index is 8.72. The van der Waals surface area contributed by atoms with Gasteiger partial charge in [-0.25, -0.2) is 0 Å². The van der Waals surface area contributed by atoms with E-state index in [0.717, 1.165) is 25.7 Å². The summed E-state index contributed by atoms with van der Waals surface area (Å²) in [6, 6.07) is 0. The van der Waals surface area contributed by atoms with Gasteiger partial charge >= 0.3 is 0 Å². The van der Waals surface area contributed by atoms with Crippen LogP contribution in [0.5, 0.6) is 0 Å². The summed E-state index contributed by atoms with van der Waals surface area (Å²) in [5.74, 6) is 0. The highest BCUT2D eigenvalue weighted by Crippen LogP contribution is 2.10. The van der Waals surface area contributed by atoms with E-state index in [0.29, 0.717) is 0 Å². The molecule has 0 spiro atoms. The molecule has 0 aliphatic heterocycles. The molecular formula is C17H32O2. The van der Waals surface area contributed by atoms with Crippen LogP contribution in [0, 0.1) is 0 Å². The van der Waals surface area contributed by atoms with Gasteiger partial charge in [0.1, 0.15) is 0 Å². The molecule has 112 valence electrons. The number of hydrogen-bond donors (Lipinski definition) is 1. The molecule has 0 atom stereocenters. The number of rotatable bonds is 7. The first-order valence-corrected chi connectivity index (χ1v) is 6.93. The van der Waals surface area contributed by atoms with Crippen molar-refractivity contribution in [2.24, 2.45) is 0 Å². The van der Waals surface area contributed by atoms with E-state index in [9.17, 15) is 0 Å². The molecule has 19 heavy (non-hydrogen) atoms. The summed E-state index contributed by atoms with van der Waals surface area (Å²) in [6.45, 7) is 8.71. The van der Waals surface area contributed by atoms with Crippen molar-refractivity contribution in [1.29, 1.82) is 0 Å². The van der Waals surface area contributed by atoms with E-state index in [1.54, 1.807) is 14.2 Å². The Morgan fingerprint density at radius 1 is 0.842 bits per heavy atom. The average molecular weight is 268 g/mol. The molecular weight excluding hydrogens is 236 g/mol. The summed E-state index contributed by atoms with van der Waals surface area (Å²) >= 11 is 0. The monoisotopic (exact) mass is 268 g/mol. The smallest absolute Gasteiger partial charge is 0.0614 e. The van der Waals surface area contributed by atoms with Crippen molar-refractivity contribution in [2.45, 2.75) is 53.4 Å². The summed E-state index contributed by atoms with van der Waals surface area (Å²) in [7, 11) is 3.25. The van der Waals surface area contributed by atoms with E-state index >= 15 is 0 Å². The Balaban J connectivity index is 0.